The van der Waals surface area contributed by atoms with E-state index >= 15 is 0 Å². The van der Waals surface area contributed by atoms with Gasteiger partial charge in [-0.3, -0.25) is 10.1 Å². The van der Waals surface area contributed by atoms with E-state index in [2.05, 4.69) is 0 Å². The normalized spacial score (nSPS) is 10.7. The molecule has 142 valence electrons. The second-order valence-corrected chi connectivity index (χ2v) is 5.68. The van der Waals surface area contributed by atoms with Gasteiger partial charge in [-0.2, -0.15) is 5.26 Å². The van der Waals surface area contributed by atoms with E-state index < -0.39 is 22.5 Å². The van der Waals surface area contributed by atoms with Crippen molar-refractivity contribution < 1.29 is 24.0 Å². The van der Waals surface area contributed by atoms with Gasteiger partial charge in [-0.1, -0.05) is 23.7 Å². The number of nitro groups is 1. The molecule has 0 aliphatic carbocycles. The lowest BCUT2D eigenvalue weighted by Gasteiger charge is -2.06. The van der Waals surface area contributed by atoms with Crippen molar-refractivity contribution in [2.24, 2.45) is 0 Å². The lowest BCUT2D eigenvalue weighted by Crippen LogP contribution is -2.09. The van der Waals surface area contributed by atoms with Crippen molar-refractivity contribution in [3.63, 3.8) is 0 Å². The van der Waals surface area contributed by atoms with Crippen molar-refractivity contribution in [1.29, 1.82) is 5.26 Å². The van der Waals surface area contributed by atoms with Crippen LogP contribution < -0.4 is 4.74 Å². The average Bonchev–Trinajstić information content (AvgIpc) is 2.66. The van der Waals surface area contributed by atoms with Crippen LogP contribution in [0.3, 0.4) is 0 Å². The van der Waals surface area contributed by atoms with E-state index in [0.29, 0.717) is 5.56 Å². The highest BCUT2D eigenvalue weighted by molar-refractivity contribution is 6.32. The third-order valence-electron chi connectivity index (χ3n) is 3.37. The fraction of sp³-hybridized carbons (Fsp3) is 0.105. The smallest absolute Gasteiger partial charge is 0.348 e. The zero-order valence-corrected chi connectivity index (χ0v) is 15.3. The summed E-state index contributed by atoms with van der Waals surface area (Å²) in [6, 6.07) is 11.4. The minimum atomic E-state index is -0.827. The number of hydrogen-bond acceptors (Lipinski definition) is 7. The van der Waals surface area contributed by atoms with Crippen LogP contribution in [0.15, 0.2) is 48.0 Å². The lowest BCUT2D eigenvalue weighted by atomic mass is 10.1. The van der Waals surface area contributed by atoms with E-state index in [9.17, 15) is 19.7 Å². The molecule has 2 aromatic carbocycles. The summed E-state index contributed by atoms with van der Waals surface area (Å²) in [6.45, 7) is 1.75. The molecule has 0 unspecified atom stereocenters. The molecular formula is C19H13ClN2O6. The maximum Gasteiger partial charge on any atom is 0.348 e. The summed E-state index contributed by atoms with van der Waals surface area (Å²) < 4.78 is 9.98. The molecule has 2 aromatic rings. The molecule has 0 heterocycles. The first-order valence-electron chi connectivity index (χ1n) is 7.90. The molecule has 9 heteroatoms. The Morgan fingerprint density at radius 2 is 2.04 bits per heavy atom. The monoisotopic (exact) mass is 400 g/mol. The molecule has 28 heavy (non-hydrogen) atoms. The fourth-order valence-corrected chi connectivity index (χ4v) is 2.31. The number of carbonyl (C=O) groups is 2. The van der Waals surface area contributed by atoms with Crippen molar-refractivity contribution in [3.05, 3.63) is 74.3 Å². The van der Waals surface area contributed by atoms with Crippen molar-refractivity contribution in [1.82, 2.24) is 0 Å². The number of nitrogens with zero attached hydrogens (tertiary/aromatic N) is 2. The van der Waals surface area contributed by atoms with Crippen LogP contribution >= 0.6 is 11.6 Å². The first kappa shape index (κ1) is 20.6. The van der Waals surface area contributed by atoms with Crippen molar-refractivity contribution in [2.45, 2.75) is 6.92 Å². The van der Waals surface area contributed by atoms with E-state index in [-0.39, 0.29) is 28.5 Å². The Labute approximate surface area is 164 Å². The van der Waals surface area contributed by atoms with Crippen LogP contribution in [0.5, 0.6) is 5.75 Å². The molecule has 0 radical (unpaired) electrons. The molecule has 0 aromatic heterocycles. The van der Waals surface area contributed by atoms with Crippen LogP contribution in [-0.2, 0) is 9.53 Å². The van der Waals surface area contributed by atoms with Gasteiger partial charge in [0.05, 0.1) is 17.1 Å². The van der Waals surface area contributed by atoms with Crippen LogP contribution in [0, 0.1) is 21.4 Å². The molecule has 0 aliphatic rings. The van der Waals surface area contributed by atoms with E-state index in [1.807, 2.05) is 0 Å². The molecule has 0 amide bonds. The molecule has 0 fully saturated rings. The summed E-state index contributed by atoms with van der Waals surface area (Å²) in [4.78, 5) is 34.2. The zero-order chi connectivity index (χ0) is 20.7. The van der Waals surface area contributed by atoms with Gasteiger partial charge in [-0.05, 0) is 42.8 Å². The largest absolute Gasteiger partial charge is 0.462 e. The zero-order valence-electron chi connectivity index (χ0n) is 14.5. The summed E-state index contributed by atoms with van der Waals surface area (Å²) in [5.74, 6) is -1.47. The SMILES string of the molecule is CCOC(=O)C(C#N)=Cc1cccc(OC(=O)c2ccc(Cl)c([N+](=O)[O-])c2)c1. The minimum Gasteiger partial charge on any atom is -0.462 e. The summed E-state index contributed by atoms with van der Waals surface area (Å²) in [5, 5.41) is 19.9. The first-order valence-corrected chi connectivity index (χ1v) is 8.28. The second-order valence-electron chi connectivity index (χ2n) is 5.28. The predicted molar refractivity (Wildman–Crippen MR) is 99.7 cm³/mol. The molecule has 0 spiro atoms. The molecule has 2 rings (SSSR count). The number of benzene rings is 2. The summed E-state index contributed by atoms with van der Waals surface area (Å²) in [6.07, 6.45) is 1.29. The van der Waals surface area contributed by atoms with E-state index in [1.54, 1.807) is 25.1 Å². The van der Waals surface area contributed by atoms with Gasteiger partial charge in [0.15, 0.2) is 0 Å². The number of carbonyl (C=O) groups excluding carboxylic acids is 2. The first-order chi connectivity index (χ1) is 13.3. The maximum atomic E-state index is 12.3. The molecule has 0 saturated carbocycles. The third kappa shape index (κ3) is 5.16. The summed E-state index contributed by atoms with van der Waals surface area (Å²) >= 11 is 5.72. The van der Waals surface area contributed by atoms with Crippen molar-refractivity contribution >= 4 is 35.3 Å². The third-order valence-corrected chi connectivity index (χ3v) is 3.69. The molecular weight excluding hydrogens is 388 g/mol. The molecule has 0 atom stereocenters. The molecule has 8 nitrogen and oxygen atoms in total. The quantitative estimate of drug-likeness (QED) is 0.180. The van der Waals surface area contributed by atoms with E-state index in [0.717, 1.165) is 6.07 Å². The Balaban J connectivity index is 2.24. The Morgan fingerprint density at radius 3 is 2.68 bits per heavy atom. The number of ether oxygens (including phenoxy) is 2. The van der Waals surface area contributed by atoms with Gasteiger partial charge in [0.2, 0.25) is 0 Å². The van der Waals surface area contributed by atoms with Gasteiger partial charge in [0.1, 0.15) is 22.4 Å². The van der Waals surface area contributed by atoms with Crippen LogP contribution in [0.2, 0.25) is 5.02 Å². The Bertz CT molecular complexity index is 1010. The average molecular weight is 401 g/mol. The summed E-state index contributed by atoms with van der Waals surface area (Å²) in [7, 11) is 0. The highest BCUT2D eigenvalue weighted by Gasteiger charge is 2.18. The van der Waals surface area contributed by atoms with Crippen LogP contribution in [0.1, 0.15) is 22.8 Å². The standard InChI is InChI=1S/C19H13ClN2O6/c1-2-27-18(23)14(11-21)8-12-4-3-5-15(9-12)28-19(24)13-6-7-16(20)17(10-13)22(25)26/h3-10H,2H2,1H3. The number of hydrogen-bond donors (Lipinski definition) is 0. The van der Waals surface area contributed by atoms with E-state index in [4.69, 9.17) is 26.3 Å². The number of rotatable bonds is 6. The van der Waals surface area contributed by atoms with Gasteiger partial charge >= 0.3 is 11.9 Å². The predicted octanol–water partition coefficient (Wildman–Crippen LogP) is 3.94. The van der Waals surface area contributed by atoms with Gasteiger partial charge in [-0.25, -0.2) is 9.59 Å². The number of nitriles is 1. The van der Waals surface area contributed by atoms with Crippen LogP contribution in [-0.4, -0.2) is 23.5 Å². The molecule has 0 saturated heterocycles. The van der Waals surface area contributed by atoms with E-state index in [1.165, 1.54) is 30.3 Å². The highest BCUT2D eigenvalue weighted by atomic mass is 35.5. The Hall–Kier alpha value is -3.70. The Kier molecular flexibility index (Phi) is 6.84. The van der Waals surface area contributed by atoms with Gasteiger partial charge in [0.25, 0.3) is 5.69 Å². The summed E-state index contributed by atoms with van der Waals surface area (Å²) in [5.41, 5.74) is -0.252. The molecule has 0 N–H and O–H groups in total. The number of esters is 2. The van der Waals surface area contributed by atoms with Gasteiger partial charge in [-0.15, -0.1) is 0 Å². The number of nitro benzene ring substituents is 1. The van der Waals surface area contributed by atoms with Crippen LogP contribution in [0.25, 0.3) is 6.08 Å². The second kappa shape index (κ2) is 9.30. The molecule has 0 bridgehead atoms. The Morgan fingerprint density at radius 1 is 1.29 bits per heavy atom. The van der Waals surface area contributed by atoms with Crippen LogP contribution in [0.4, 0.5) is 5.69 Å². The van der Waals surface area contributed by atoms with Gasteiger partial charge in [0, 0.05) is 6.07 Å². The van der Waals surface area contributed by atoms with Crippen molar-refractivity contribution in [2.75, 3.05) is 6.61 Å². The maximum absolute atomic E-state index is 12.3. The van der Waals surface area contributed by atoms with Gasteiger partial charge < -0.3 is 9.47 Å². The number of halogens is 1. The highest BCUT2D eigenvalue weighted by Crippen LogP contribution is 2.26. The topological polar surface area (TPSA) is 120 Å². The molecule has 0 aliphatic heterocycles. The van der Waals surface area contributed by atoms with Crippen molar-refractivity contribution in [3.8, 4) is 11.8 Å². The lowest BCUT2D eigenvalue weighted by molar-refractivity contribution is -0.384. The minimum absolute atomic E-state index is 0.0544. The fourth-order valence-electron chi connectivity index (χ4n) is 2.13.